The van der Waals surface area contributed by atoms with Gasteiger partial charge in [-0.1, -0.05) is 5.16 Å². The summed E-state index contributed by atoms with van der Waals surface area (Å²) in [5.41, 5.74) is 1.87. The summed E-state index contributed by atoms with van der Waals surface area (Å²) >= 11 is 0. The third kappa shape index (κ3) is 3.44. The predicted octanol–water partition coefficient (Wildman–Crippen LogP) is 1.36. The smallest absolute Gasteiger partial charge is 0.335 e. The van der Waals surface area contributed by atoms with Crippen molar-refractivity contribution in [3.63, 3.8) is 0 Å². The number of aromatic carboxylic acids is 1. The lowest BCUT2D eigenvalue weighted by Crippen LogP contribution is -2.27. The lowest BCUT2D eigenvalue weighted by atomic mass is 10.1. The van der Waals surface area contributed by atoms with E-state index in [9.17, 15) is 9.59 Å². The minimum absolute atomic E-state index is 0.0286. The first-order valence-electron chi connectivity index (χ1n) is 6.38. The Balaban J connectivity index is 1.96. The normalized spacial score (nSPS) is 10.4. The number of hydrogen-bond donors (Lipinski definition) is 2. The highest BCUT2D eigenvalue weighted by atomic mass is 16.5. The van der Waals surface area contributed by atoms with E-state index in [2.05, 4.69) is 15.5 Å². The highest BCUT2D eigenvalue weighted by Crippen LogP contribution is 2.12. The maximum atomic E-state index is 11.9. The van der Waals surface area contributed by atoms with Gasteiger partial charge < -0.3 is 14.9 Å². The Morgan fingerprint density at radius 3 is 2.76 bits per heavy atom. The molecule has 2 heterocycles. The van der Waals surface area contributed by atoms with E-state index in [1.807, 2.05) is 13.8 Å². The molecule has 0 aliphatic rings. The second-order valence-corrected chi connectivity index (χ2v) is 4.54. The van der Waals surface area contributed by atoms with Gasteiger partial charge in [0.1, 0.15) is 11.5 Å². The molecule has 0 bridgehead atoms. The van der Waals surface area contributed by atoms with E-state index in [4.69, 9.17) is 9.63 Å². The van der Waals surface area contributed by atoms with E-state index in [-0.39, 0.29) is 11.3 Å². The first-order valence-corrected chi connectivity index (χ1v) is 6.38. The van der Waals surface area contributed by atoms with Crippen LogP contribution in [0.5, 0.6) is 0 Å². The molecule has 0 spiro atoms. The molecule has 0 fully saturated rings. The van der Waals surface area contributed by atoms with E-state index in [1.165, 1.54) is 18.3 Å². The molecule has 0 aliphatic heterocycles. The second-order valence-electron chi connectivity index (χ2n) is 4.54. The Morgan fingerprint density at radius 2 is 2.14 bits per heavy atom. The number of aryl methyl sites for hydroxylation is 2. The van der Waals surface area contributed by atoms with Gasteiger partial charge in [0.2, 0.25) is 0 Å². The topological polar surface area (TPSA) is 105 Å². The third-order valence-corrected chi connectivity index (χ3v) is 3.08. The first-order chi connectivity index (χ1) is 9.99. The molecule has 0 saturated heterocycles. The molecule has 0 aromatic carbocycles. The van der Waals surface area contributed by atoms with Crippen LogP contribution in [0.25, 0.3) is 0 Å². The number of carbonyl (C=O) groups is 2. The number of nitrogens with zero attached hydrogens (tertiary/aromatic N) is 2. The van der Waals surface area contributed by atoms with Crippen LogP contribution >= 0.6 is 0 Å². The van der Waals surface area contributed by atoms with Crippen molar-refractivity contribution < 1.29 is 19.2 Å². The zero-order valence-electron chi connectivity index (χ0n) is 11.7. The van der Waals surface area contributed by atoms with Gasteiger partial charge in [-0.3, -0.25) is 9.78 Å². The average molecular weight is 289 g/mol. The van der Waals surface area contributed by atoms with Crippen LogP contribution in [0.1, 0.15) is 37.9 Å². The molecule has 7 nitrogen and oxygen atoms in total. The van der Waals surface area contributed by atoms with Gasteiger partial charge in [-0.2, -0.15) is 0 Å². The molecule has 0 unspecified atom stereocenters. The van der Waals surface area contributed by atoms with Crippen molar-refractivity contribution in [1.82, 2.24) is 15.5 Å². The summed E-state index contributed by atoms with van der Waals surface area (Å²) in [6.45, 7) is 4.04. The number of amides is 1. The Morgan fingerprint density at radius 1 is 1.38 bits per heavy atom. The maximum Gasteiger partial charge on any atom is 0.335 e. The van der Waals surface area contributed by atoms with E-state index in [0.717, 1.165) is 17.0 Å². The van der Waals surface area contributed by atoms with Crippen molar-refractivity contribution in [2.45, 2.75) is 20.3 Å². The third-order valence-electron chi connectivity index (χ3n) is 3.08. The zero-order chi connectivity index (χ0) is 15.4. The molecule has 0 aliphatic carbocycles. The van der Waals surface area contributed by atoms with Crippen molar-refractivity contribution in [2.24, 2.45) is 0 Å². The van der Waals surface area contributed by atoms with Gasteiger partial charge >= 0.3 is 5.97 Å². The second kappa shape index (κ2) is 6.17. The summed E-state index contributed by atoms with van der Waals surface area (Å²) in [5.74, 6) is -0.778. The molecular formula is C14H15N3O4. The molecule has 0 atom stereocenters. The van der Waals surface area contributed by atoms with Crippen molar-refractivity contribution in [1.29, 1.82) is 0 Å². The van der Waals surface area contributed by atoms with Gasteiger partial charge in [-0.05, 0) is 32.4 Å². The van der Waals surface area contributed by atoms with Gasteiger partial charge in [0.25, 0.3) is 5.91 Å². The van der Waals surface area contributed by atoms with Crippen LogP contribution in [-0.4, -0.2) is 33.7 Å². The number of carboxylic acids is 1. The summed E-state index contributed by atoms with van der Waals surface area (Å²) in [5, 5.41) is 15.4. The van der Waals surface area contributed by atoms with Crippen LogP contribution < -0.4 is 5.32 Å². The van der Waals surface area contributed by atoms with E-state index in [1.54, 1.807) is 0 Å². The zero-order valence-corrected chi connectivity index (χ0v) is 11.7. The molecule has 21 heavy (non-hydrogen) atoms. The SMILES string of the molecule is Cc1noc(C)c1CCNC(=O)c1cc(C(=O)O)ccn1. The molecule has 110 valence electrons. The van der Waals surface area contributed by atoms with Crippen LogP contribution in [0.15, 0.2) is 22.9 Å². The fourth-order valence-electron chi connectivity index (χ4n) is 1.94. The van der Waals surface area contributed by atoms with Crippen LogP contribution in [-0.2, 0) is 6.42 Å². The van der Waals surface area contributed by atoms with Crippen LogP contribution in [0, 0.1) is 13.8 Å². The summed E-state index contributed by atoms with van der Waals surface area (Å²) < 4.78 is 5.04. The number of nitrogens with one attached hydrogen (secondary N) is 1. The molecule has 1 amide bonds. The monoisotopic (exact) mass is 289 g/mol. The Bertz CT molecular complexity index is 659. The number of aromatic nitrogens is 2. The van der Waals surface area contributed by atoms with E-state index in [0.29, 0.717) is 13.0 Å². The highest BCUT2D eigenvalue weighted by Gasteiger charge is 2.12. The molecule has 0 saturated carbocycles. The molecular weight excluding hydrogens is 274 g/mol. The number of hydrogen-bond acceptors (Lipinski definition) is 5. The molecule has 0 radical (unpaired) electrons. The fourth-order valence-corrected chi connectivity index (χ4v) is 1.94. The minimum Gasteiger partial charge on any atom is -0.478 e. The molecule has 2 rings (SSSR count). The highest BCUT2D eigenvalue weighted by molar-refractivity contribution is 5.95. The quantitative estimate of drug-likeness (QED) is 0.861. The summed E-state index contributed by atoms with van der Waals surface area (Å²) in [7, 11) is 0. The van der Waals surface area contributed by atoms with Crippen LogP contribution in [0.2, 0.25) is 0 Å². The number of carbonyl (C=O) groups excluding carboxylic acids is 1. The Labute approximate surface area is 121 Å². The first kappa shape index (κ1) is 14.7. The van der Waals surface area contributed by atoms with Gasteiger partial charge in [0.05, 0.1) is 11.3 Å². The van der Waals surface area contributed by atoms with Crippen molar-refractivity contribution in [3.05, 3.63) is 46.6 Å². The number of carboxylic acid groups (broad SMARTS) is 1. The van der Waals surface area contributed by atoms with E-state index >= 15 is 0 Å². The van der Waals surface area contributed by atoms with Crippen LogP contribution in [0.3, 0.4) is 0 Å². The van der Waals surface area contributed by atoms with Gasteiger partial charge in [-0.15, -0.1) is 0 Å². The fraction of sp³-hybridized carbons (Fsp3) is 0.286. The van der Waals surface area contributed by atoms with Crippen molar-refractivity contribution in [2.75, 3.05) is 6.54 Å². The van der Waals surface area contributed by atoms with E-state index < -0.39 is 11.9 Å². The van der Waals surface area contributed by atoms with Gasteiger partial charge in [0.15, 0.2) is 0 Å². The lowest BCUT2D eigenvalue weighted by molar-refractivity contribution is 0.0696. The standard InChI is InChI=1S/C14H15N3O4/c1-8-11(9(2)21-17-8)4-6-16-13(18)12-7-10(14(19)20)3-5-15-12/h3,5,7H,4,6H2,1-2H3,(H,16,18)(H,19,20). The molecule has 2 N–H and O–H groups in total. The molecule has 2 aromatic rings. The number of pyridine rings is 1. The van der Waals surface area contributed by atoms with Gasteiger partial charge in [0, 0.05) is 18.3 Å². The minimum atomic E-state index is -1.10. The van der Waals surface area contributed by atoms with Crippen molar-refractivity contribution >= 4 is 11.9 Å². The summed E-state index contributed by atoms with van der Waals surface area (Å²) in [4.78, 5) is 26.6. The van der Waals surface area contributed by atoms with Crippen LogP contribution in [0.4, 0.5) is 0 Å². The summed E-state index contributed by atoms with van der Waals surface area (Å²) in [6, 6.07) is 2.58. The Kier molecular flexibility index (Phi) is 4.32. The lowest BCUT2D eigenvalue weighted by Gasteiger charge is -2.05. The summed E-state index contributed by atoms with van der Waals surface area (Å²) in [6.07, 6.45) is 1.89. The average Bonchev–Trinajstić information content (AvgIpc) is 2.79. The van der Waals surface area contributed by atoms with Crippen molar-refractivity contribution in [3.8, 4) is 0 Å². The van der Waals surface area contributed by atoms with Gasteiger partial charge in [-0.25, -0.2) is 4.79 Å². The largest absolute Gasteiger partial charge is 0.478 e. The molecule has 2 aromatic heterocycles. The maximum absolute atomic E-state index is 11.9. The molecule has 7 heteroatoms. The predicted molar refractivity (Wildman–Crippen MR) is 73.2 cm³/mol. The number of rotatable bonds is 5. The Hall–Kier alpha value is -2.70.